The Morgan fingerprint density at radius 2 is 1.79 bits per heavy atom. The first-order valence-corrected chi connectivity index (χ1v) is 10.2. The number of hydrogen-bond acceptors (Lipinski definition) is 4. The van der Waals surface area contributed by atoms with Crippen LogP contribution in [0.5, 0.6) is 0 Å². The van der Waals surface area contributed by atoms with E-state index in [1.165, 1.54) is 5.56 Å². The summed E-state index contributed by atoms with van der Waals surface area (Å²) in [4.78, 5) is 19.5. The normalized spacial score (nSPS) is 17.0. The molecule has 0 spiro atoms. The van der Waals surface area contributed by atoms with Crippen molar-refractivity contribution in [2.24, 2.45) is 0 Å². The minimum absolute atomic E-state index is 0.000739. The molecule has 4 rings (SSSR count). The zero-order valence-electron chi connectivity index (χ0n) is 16.9. The monoisotopic (exact) mass is 409 g/mol. The van der Waals surface area contributed by atoms with Crippen molar-refractivity contribution in [2.45, 2.75) is 45.1 Å². The molecule has 2 heterocycles. The van der Waals surface area contributed by atoms with Crippen LogP contribution in [0.25, 0.3) is 11.4 Å². The van der Waals surface area contributed by atoms with Crippen molar-refractivity contribution in [3.63, 3.8) is 0 Å². The molecule has 5 nitrogen and oxygen atoms in total. The van der Waals surface area contributed by atoms with Gasteiger partial charge in [-0.25, -0.2) is 0 Å². The SMILES string of the molecule is CC(C)(C)c1ccc(C(=O)N2CCCC2c2nc(-c3ccc(Cl)cc3)no2)cc1. The predicted octanol–water partition coefficient (Wildman–Crippen LogP) is 5.66. The summed E-state index contributed by atoms with van der Waals surface area (Å²) in [6.45, 7) is 7.17. The third-order valence-corrected chi connectivity index (χ3v) is 5.59. The van der Waals surface area contributed by atoms with E-state index in [0.29, 0.717) is 28.8 Å². The van der Waals surface area contributed by atoms with E-state index in [4.69, 9.17) is 16.1 Å². The van der Waals surface area contributed by atoms with E-state index in [1.807, 2.05) is 41.3 Å². The number of amides is 1. The van der Waals surface area contributed by atoms with E-state index >= 15 is 0 Å². The zero-order chi connectivity index (χ0) is 20.6. The Labute approximate surface area is 175 Å². The van der Waals surface area contributed by atoms with Crippen molar-refractivity contribution in [3.05, 3.63) is 70.6 Å². The molecule has 2 aromatic carbocycles. The van der Waals surface area contributed by atoms with Gasteiger partial charge in [-0.15, -0.1) is 0 Å². The highest BCUT2D eigenvalue weighted by molar-refractivity contribution is 6.30. The average Bonchev–Trinajstić information content (AvgIpc) is 3.37. The number of aromatic nitrogens is 2. The van der Waals surface area contributed by atoms with Gasteiger partial charge >= 0.3 is 0 Å². The standard InChI is InChI=1S/C23H24ClN3O2/c1-23(2,3)17-10-6-16(7-11-17)22(28)27-14-4-5-19(27)21-25-20(26-29-21)15-8-12-18(24)13-9-15/h6-13,19H,4-5,14H2,1-3H3. The molecule has 29 heavy (non-hydrogen) atoms. The Balaban J connectivity index is 1.55. The van der Waals surface area contributed by atoms with Gasteiger partial charge in [-0.05, 0) is 60.2 Å². The second kappa shape index (κ2) is 7.64. The molecule has 1 unspecified atom stereocenters. The van der Waals surface area contributed by atoms with Crippen LogP contribution in [0.15, 0.2) is 53.1 Å². The lowest BCUT2D eigenvalue weighted by Crippen LogP contribution is -2.30. The minimum Gasteiger partial charge on any atom is -0.337 e. The Bertz CT molecular complexity index is 1000. The molecule has 1 aromatic heterocycles. The maximum atomic E-state index is 13.1. The van der Waals surface area contributed by atoms with Crippen LogP contribution in [-0.2, 0) is 5.41 Å². The van der Waals surface area contributed by atoms with Crippen LogP contribution in [0.2, 0.25) is 5.02 Å². The summed E-state index contributed by atoms with van der Waals surface area (Å²) in [5.74, 6) is 0.983. The number of nitrogens with zero attached hydrogens (tertiary/aromatic N) is 3. The number of benzene rings is 2. The van der Waals surface area contributed by atoms with Gasteiger partial charge in [0.05, 0.1) is 0 Å². The summed E-state index contributed by atoms with van der Waals surface area (Å²) in [6, 6.07) is 15.0. The van der Waals surface area contributed by atoms with Crippen molar-refractivity contribution >= 4 is 17.5 Å². The number of rotatable bonds is 3. The maximum Gasteiger partial charge on any atom is 0.254 e. The molecule has 0 bridgehead atoms. The highest BCUT2D eigenvalue weighted by Gasteiger charge is 2.34. The number of halogens is 1. The van der Waals surface area contributed by atoms with E-state index in [0.717, 1.165) is 18.4 Å². The molecular formula is C23H24ClN3O2. The van der Waals surface area contributed by atoms with Gasteiger partial charge in [0.25, 0.3) is 5.91 Å². The fraction of sp³-hybridized carbons (Fsp3) is 0.348. The summed E-state index contributed by atoms with van der Waals surface area (Å²) in [7, 11) is 0. The van der Waals surface area contributed by atoms with Crippen LogP contribution in [-0.4, -0.2) is 27.5 Å². The molecule has 0 N–H and O–H groups in total. The van der Waals surface area contributed by atoms with E-state index in [1.54, 1.807) is 12.1 Å². The van der Waals surface area contributed by atoms with Gasteiger partial charge in [0, 0.05) is 22.7 Å². The first kappa shape index (κ1) is 19.6. The largest absolute Gasteiger partial charge is 0.337 e. The van der Waals surface area contributed by atoms with Crippen molar-refractivity contribution in [1.29, 1.82) is 0 Å². The van der Waals surface area contributed by atoms with E-state index in [-0.39, 0.29) is 17.4 Å². The summed E-state index contributed by atoms with van der Waals surface area (Å²) in [5, 5.41) is 4.75. The molecule has 1 atom stereocenters. The molecule has 1 saturated heterocycles. The second-order valence-corrected chi connectivity index (χ2v) is 8.88. The van der Waals surface area contributed by atoms with Crippen LogP contribution in [0, 0.1) is 0 Å². The van der Waals surface area contributed by atoms with Crippen LogP contribution in [0.1, 0.15) is 61.5 Å². The van der Waals surface area contributed by atoms with Gasteiger partial charge in [-0.2, -0.15) is 4.98 Å². The highest BCUT2D eigenvalue weighted by atomic mass is 35.5. The van der Waals surface area contributed by atoms with Crippen molar-refractivity contribution < 1.29 is 9.32 Å². The molecule has 6 heteroatoms. The summed E-state index contributed by atoms with van der Waals surface area (Å²) >= 11 is 5.95. The maximum absolute atomic E-state index is 13.1. The lowest BCUT2D eigenvalue weighted by Gasteiger charge is -2.23. The van der Waals surface area contributed by atoms with Gasteiger partial charge < -0.3 is 9.42 Å². The van der Waals surface area contributed by atoms with Crippen molar-refractivity contribution in [1.82, 2.24) is 15.0 Å². The summed E-state index contributed by atoms with van der Waals surface area (Å²) in [6.07, 6.45) is 1.73. The summed E-state index contributed by atoms with van der Waals surface area (Å²) in [5.41, 5.74) is 2.77. The van der Waals surface area contributed by atoms with Crippen LogP contribution in [0.3, 0.4) is 0 Å². The molecule has 0 saturated carbocycles. The fourth-order valence-electron chi connectivity index (χ4n) is 3.63. The molecular weight excluding hydrogens is 386 g/mol. The number of carbonyl (C=O) groups excluding carboxylic acids is 1. The first-order valence-electron chi connectivity index (χ1n) is 9.84. The molecule has 0 aliphatic carbocycles. The van der Waals surface area contributed by atoms with Gasteiger partial charge in [0.1, 0.15) is 6.04 Å². The Morgan fingerprint density at radius 3 is 2.45 bits per heavy atom. The third-order valence-electron chi connectivity index (χ3n) is 5.34. The number of hydrogen-bond donors (Lipinski definition) is 0. The van der Waals surface area contributed by atoms with E-state index < -0.39 is 0 Å². The van der Waals surface area contributed by atoms with Crippen molar-refractivity contribution in [3.8, 4) is 11.4 Å². The zero-order valence-corrected chi connectivity index (χ0v) is 17.6. The molecule has 1 aliphatic rings. The molecule has 1 amide bonds. The predicted molar refractivity (Wildman–Crippen MR) is 113 cm³/mol. The molecule has 1 fully saturated rings. The average molecular weight is 410 g/mol. The van der Waals surface area contributed by atoms with Crippen LogP contribution in [0.4, 0.5) is 0 Å². The lowest BCUT2D eigenvalue weighted by molar-refractivity contribution is 0.0710. The van der Waals surface area contributed by atoms with E-state index in [9.17, 15) is 4.79 Å². The molecule has 3 aromatic rings. The smallest absolute Gasteiger partial charge is 0.254 e. The Morgan fingerprint density at radius 1 is 1.10 bits per heavy atom. The fourth-order valence-corrected chi connectivity index (χ4v) is 3.76. The van der Waals surface area contributed by atoms with Gasteiger partial charge in [-0.1, -0.05) is 49.7 Å². The van der Waals surface area contributed by atoms with Crippen molar-refractivity contribution in [2.75, 3.05) is 6.54 Å². The van der Waals surface area contributed by atoms with Gasteiger partial charge in [0.15, 0.2) is 0 Å². The topological polar surface area (TPSA) is 59.2 Å². The molecule has 0 radical (unpaired) electrons. The van der Waals surface area contributed by atoms with Gasteiger partial charge in [-0.3, -0.25) is 4.79 Å². The highest BCUT2D eigenvalue weighted by Crippen LogP contribution is 2.33. The molecule has 150 valence electrons. The molecule has 1 aliphatic heterocycles. The third kappa shape index (κ3) is 4.06. The second-order valence-electron chi connectivity index (χ2n) is 8.45. The first-order chi connectivity index (χ1) is 13.8. The van der Waals surface area contributed by atoms with Crippen LogP contribution < -0.4 is 0 Å². The van der Waals surface area contributed by atoms with Gasteiger partial charge in [0.2, 0.25) is 11.7 Å². The summed E-state index contributed by atoms with van der Waals surface area (Å²) < 4.78 is 5.53. The van der Waals surface area contributed by atoms with Crippen LogP contribution >= 0.6 is 11.6 Å². The number of carbonyl (C=O) groups is 1. The lowest BCUT2D eigenvalue weighted by atomic mass is 9.86. The quantitative estimate of drug-likeness (QED) is 0.559. The van der Waals surface area contributed by atoms with E-state index in [2.05, 4.69) is 30.9 Å². The number of likely N-dealkylation sites (tertiary alicyclic amines) is 1. The Hall–Kier alpha value is -2.66. The Kier molecular flexibility index (Phi) is 5.17. The minimum atomic E-state index is -0.196.